The lowest BCUT2D eigenvalue weighted by Gasteiger charge is -1.94. The smallest absolute Gasteiger partial charge is 0.258 e. The third-order valence-electron chi connectivity index (χ3n) is 1.61. The normalized spacial score (nSPS) is 10.7. The van der Waals surface area contributed by atoms with Crippen molar-refractivity contribution in [2.75, 3.05) is 0 Å². The molecular weight excluding hydrogens is 217 g/mol. The standard InChI is InChI=1S/C6HClFN3O3/c7-4-2(8)1-3(11(12)13)5-6(4)10-14-9-5/h1H. The number of rotatable bonds is 1. The van der Waals surface area contributed by atoms with Crippen LogP contribution in [0.25, 0.3) is 11.0 Å². The van der Waals surface area contributed by atoms with Crippen LogP contribution in [0.5, 0.6) is 0 Å². The Kier molecular flexibility index (Phi) is 1.81. The molecule has 1 aromatic carbocycles. The molecule has 2 aromatic rings. The first-order chi connectivity index (χ1) is 6.61. The van der Waals surface area contributed by atoms with Gasteiger partial charge >= 0.3 is 5.69 Å². The molecule has 0 aliphatic rings. The quantitative estimate of drug-likeness (QED) is 0.538. The SMILES string of the molecule is O=[N+]([O-])c1cc(F)c(Cl)c2nonc12. The van der Waals surface area contributed by atoms with E-state index in [-0.39, 0.29) is 16.1 Å². The van der Waals surface area contributed by atoms with Crippen LogP contribution in [0.3, 0.4) is 0 Å². The molecule has 0 bridgehead atoms. The monoisotopic (exact) mass is 217 g/mol. The summed E-state index contributed by atoms with van der Waals surface area (Å²) >= 11 is 5.48. The Morgan fingerprint density at radius 3 is 2.79 bits per heavy atom. The Labute approximate surface area is 80.4 Å². The zero-order chi connectivity index (χ0) is 10.3. The third-order valence-corrected chi connectivity index (χ3v) is 1.97. The first-order valence-electron chi connectivity index (χ1n) is 3.36. The fourth-order valence-corrected chi connectivity index (χ4v) is 1.18. The number of halogens is 2. The summed E-state index contributed by atoms with van der Waals surface area (Å²) in [5, 5.41) is 16.6. The molecular formula is C6HClFN3O3. The lowest BCUT2D eigenvalue weighted by Crippen LogP contribution is -1.92. The van der Waals surface area contributed by atoms with Gasteiger partial charge in [-0.15, -0.1) is 0 Å². The lowest BCUT2D eigenvalue weighted by atomic mass is 10.2. The van der Waals surface area contributed by atoms with Crippen molar-refractivity contribution in [3.63, 3.8) is 0 Å². The topological polar surface area (TPSA) is 82.1 Å². The van der Waals surface area contributed by atoms with Crippen molar-refractivity contribution in [1.82, 2.24) is 10.3 Å². The second kappa shape index (κ2) is 2.88. The van der Waals surface area contributed by atoms with Crippen LogP contribution in [0.2, 0.25) is 5.02 Å². The van der Waals surface area contributed by atoms with E-state index in [1.165, 1.54) is 0 Å². The van der Waals surface area contributed by atoms with Crippen LogP contribution >= 0.6 is 11.6 Å². The Morgan fingerprint density at radius 2 is 2.14 bits per heavy atom. The second-order valence-electron chi connectivity index (χ2n) is 2.41. The summed E-state index contributed by atoms with van der Waals surface area (Å²) in [4.78, 5) is 9.68. The van der Waals surface area contributed by atoms with Gasteiger partial charge < -0.3 is 0 Å². The number of hydrogen-bond donors (Lipinski definition) is 0. The molecule has 72 valence electrons. The highest BCUT2D eigenvalue weighted by atomic mass is 35.5. The molecule has 0 fully saturated rings. The molecule has 0 saturated carbocycles. The van der Waals surface area contributed by atoms with Crippen molar-refractivity contribution in [1.29, 1.82) is 0 Å². The summed E-state index contributed by atoms with van der Waals surface area (Å²) in [6, 6.07) is 0.675. The molecule has 0 unspecified atom stereocenters. The number of nitrogens with zero attached hydrogens (tertiary/aromatic N) is 3. The van der Waals surface area contributed by atoms with Gasteiger partial charge in [0, 0.05) is 0 Å². The minimum Gasteiger partial charge on any atom is -0.258 e. The van der Waals surface area contributed by atoms with E-state index in [2.05, 4.69) is 14.9 Å². The molecule has 0 saturated heterocycles. The summed E-state index contributed by atoms with van der Waals surface area (Å²) in [6.07, 6.45) is 0. The highest BCUT2D eigenvalue weighted by molar-refractivity contribution is 6.35. The molecule has 2 rings (SSSR count). The van der Waals surface area contributed by atoms with Crippen LogP contribution in [-0.2, 0) is 0 Å². The van der Waals surface area contributed by atoms with Crippen molar-refractivity contribution in [2.45, 2.75) is 0 Å². The van der Waals surface area contributed by atoms with E-state index in [9.17, 15) is 14.5 Å². The van der Waals surface area contributed by atoms with E-state index >= 15 is 0 Å². The minimum absolute atomic E-state index is 0.154. The molecule has 8 heteroatoms. The molecule has 0 N–H and O–H groups in total. The average Bonchev–Trinajstić information content (AvgIpc) is 2.59. The van der Waals surface area contributed by atoms with E-state index in [1.807, 2.05) is 0 Å². The maximum Gasteiger partial charge on any atom is 0.303 e. The number of hydrogen-bond acceptors (Lipinski definition) is 5. The summed E-state index contributed by atoms with van der Waals surface area (Å²) in [7, 11) is 0. The molecule has 1 heterocycles. The maximum absolute atomic E-state index is 13.0. The molecule has 6 nitrogen and oxygen atoms in total. The van der Waals surface area contributed by atoms with Crippen LogP contribution in [0.15, 0.2) is 10.7 Å². The van der Waals surface area contributed by atoms with E-state index in [1.54, 1.807) is 0 Å². The van der Waals surface area contributed by atoms with Gasteiger partial charge in [0.2, 0.25) is 5.52 Å². The Morgan fingerprint density at radius 1 is 1.50 bits per heavy atom. The van der Waals surface area contributed by atoms with Gasteiger partial charge in [0.1, 0.15) is 5.02 Å². The van der Waals surface area contributed by atoms with Crippen LogP contribution in [0, 0.1) is 15.9 Å². The van der Waals surface area contributed by atoms with Gasteiger partial charge in [-0.25, -0.2) is 9.02 Å². The summed E-state index contributed by atoms with van der Waals surface area (Å²) in [6.45, 7) is 0. The van der Waals surface area contributed by atoms with Gasteiger partial charge in [0.15, 0.2) is 11.3 Å². The van der Waals surface area contributed by atoms with E-state index in [0.29, 0.717) is 6.07 Å². The Hall–Kier alpha value is -1.76. The highest BCUT2D eigenvalue weighted by Crippen LogP contribution is 2.30. The number of non-ortho nitro benzene ring substituents is 1. The molecule has 0 atom stereocenters. The van der Waals surface area contributed by atoms with Gasteiger partial charge in [-0.2, -0.15) is 0 Å². The molecule has 1 aromatic heterocycles. The van der Waals surface area contributed by atoms with Gasteiger partial charge in [0.05, 0.1) is 11.0 Å². The van der Waals surface area contributed by atoms with Crippen molar-refractivity contribution < 1.29 is 13.9 Å². The Balaban J connectivity index is 2.91. The zero-order valence-electron chi connectivity index (χ0n) is 6.40. The molecule has 0 aliphatic heterocycles. The lowest BCUT2D eigenvalue weighted by molar-refractivity contribution is -0.383. The van der Waals surface area contributed by atoms with Gasteiger partial charge in [-0.3, -0.25) is 10.1 Å². The predicted molar refractivity (Wildman–Crippen MR) is 43.4 cm³/mol. The van der Waals surface area contributed by atoms with Crippen molar-refractivity contribution >= 4 is 28.3 Å². The van der Waals surface area contributed by atoms with Crippen LogP contribution in [0.1, 0.15) is 0 Å². The predicted octanol–water partition coefficient (Wildman–Crippen LogP) is 1.92. The first kappa shape index (κ1) is 8.82. The van der Waals surface area contributed by atoms with Crippen LogP contribution in [-0.4, -0.2) is 15.2 Å². The van der Waals surface area contributed by atoms with Gasteiger partial charge in [0.25, 0.3) is 0 Å². The summed E-state index contributed by atoms with van der Waals surface area (Å²) in [5.41, 5.74) is -0.845. The van der Waals surface area contributed by atoms with E-state index in [4.69, 9.17) is 11.6 Å². The Bertz CT molecular complexity index is 526. The fraction of sp³-hybridized carbons (Fsp3) is 0. The maximum atomic E-state index is 13.0. The number of benzene rings is 1. The highest BCUT2D eigenvalue weighted by Gasteiger charge is 2.22. The fourth-order valence-electron chi connectivity index (χ4n) is 1.00. The van der Waals surface area contributed by atoms with E-state index < -0.39 is 16.4 Å². The number of fused-ring (bicyclic) bond motifs is 1. The number of nitro benzene ring substituents is 1. The van der Waals surface area contributed by atoms with E-state index in [0.717, 1.165) is 0 Å². The largest absolute Gasteiger partial charge is 0.303 e. The molecule has 0 radical (unpaired) electrons. The van der Waals surface area contributed by atoms with Crippen molar-refractivity contribution in [3.8, 4) is 0 Å². The third kappa shape index (κ3) is 1.10. The molecule has 14 heavy (non-hydrogen) atoms. The van der Waals surface area contributed by atoms with Gasteiger partial charge in [-0.1, -0.05) is 11.6 Å². The number of nitro groups is 1. The van der Waals surface area contributed by atoms with Crippen molar-refractivity contribution in [3.05, 3.63) is 27.0 Å². The average molecular weight is 218 g/mol. The molecule has 0 spiro atoms. The molecule has 0 amide bonds. The first-order valence-corrected chi connectivity index (χ1v) is 3.73. The molecule has 0 aliphatic carbocycles. The van der Waals surface area contributed by atoms with Crippen molar-refractivity contribution in [2.24, 2.45) is 0 Å². The summed E-state index contributed by atoms with van der Waals surface area (Å²) in [5.74, 6) is -0.929. The second-order valence-corrected chi connectivity index (χ2v) is 2.79. The number of aromatic nitrogens is 2. The van der Waals surface area contributed by atoms with Gasteiger partial charge in [-0.05, 0) is 10.3 Å². The zero-order valence-corrected chi connectivity index (χ0v) is 7.16. The summed E-state index contributed by atoms with van der Waals surface area (Å²) < 4.78 is 17.2. The van der Waals surface area contributed by atoms with Crippen LogP contribution in [0.4, 0.5) is 10.1 Å². The van der Waals surface area contributed by atoms with Crippen LogP contribution < -0.4 is 0 Å². The minimum atomic E-state index is -0.929.